The van der Waals surface area contributed by atoms with Gasteiger partial charge in [-0.2, -0.15) is 0 Å². The molecule has 0 aromatic heterocycles. The molecule has 0 aromatic rings. The minimum Gasteiger partial charge on any atom is -0.380 e. The van der Waals surface area contributed by atoms with Crippen LogP contribution in [0.1, 0.15) is 58.3 Å². The normalized spacial score (nSPS) is 29.7. The molecule has 1 heterocycles. The predicted octanol–water partition coefficient (Wildman–Crippen LogP) is 1.98. The highest BCUT2D eigenvalue weighted by Crippen LogP contribution is 2.18. The Bertz CT molecular complexity index is 280. The fourth-order valence-corrected chi connectivity index (χ4v) is 3.07. The van der Waals surface area contributed by atoms with Gasteiger partial charge in [-0.1, -0.05) is 25.7 Å². The summed E-state index contributed by atoms with van der Waals surface area (Å²) in [4.78, 5) is 12.0. The molecule has 1 atom stereocenters. The second kappa shape index (κ2) is 7.25. The first-order valence-electron chi connectivity index (χ1n) is 7.80. The average molecular weight is 268 g/mol. The van der Waals surface area contributed by atoms with E-state index in [1.54, 1.807) is 0 Å². The Hall–Kier alpha value is -0.610. The predicted molar refractivity (Wildman–Crippen MR) is 76.1 cm³/mol. The maximum atomic E-state index is 12.0. The minimum absolute atomic E-state index is 0.0287. The van der Waals surface area contributed by atoms with Crippen LogP contribution < -0.4 is 10.6 Å². The number of nitrogens with one attached hydrogen (secondary N) is 2. The van der Waals surface area contributed by atoms with Crippen LogP contribution in [0.5, 0.6) is 0 Å². The van der Waals surface area contributed by atoms with Gasteiger partial charge in [0, 0.05) is 18.2 Å². The van der Waals surface area contributed by atoms with Gasteiger partial charge in [0.15, 0.2) is 0 Å². The van der Waals surface area contributed by atoms with Crippen molar-refractivity contribution in [3.8, 4) is 0 Å². The molecule has 0 spiro atoms. The molecule has 2 fully saturated rings. The summed E-state index contributed by atoms with van der Waals surface area (Å²) in [7, 11) is 0. The van der Waals surface area contributed by atoms with E-state index in [2.05, 4.69) is 17.6 Å². The number of amides is 1. The Kier molecular flexibility index (Phi) is 5.64. The number of ether oxygens (including phenoxy) is 1. The maximum absolute atomic E-state index is 12.0. The molecule has 19 heavy (non-hydrogen) atoms. The highest BCUT2D eigenvalue weighted by atomic mass is 16.5. The average Bonchev–Trinajstić information content (AvgIpc) is 2.66. The Morgan fingerprint density at radius 3 is 2.58 bits per heavy atom. The monoisotopic (exact) mass is 268 g/mol. The largest absolute Gasteiger partial charge is 0.380 e. The third-order valence-electron chi connectivity index (χ3n) is 4.33. The van der Waals surface area contributed by atoms with Gasteiger partial charge in [-0.15, -0.1) is 0 Å². The zero-order valence-electron chi connectivity index (χ0n) is 12.2. The second-order valence-electron chi connectivity index (χ2n) is 6.33. The summed E-state index contributed by atoms with van der Waals surface area (Å²) in [5.74, 6) is 0.138. The van der Waals surface area contributed by atoms with Crippen molar-refractivity contribution in [3.63, 3.8) is 0 Å². The van der Waals surface area contributed by atoms with Gasteiger partial charge in [0.2, 0.25) is 5.91 Å². The SMILES string of the molecule is CC1(NCC(=O)NC2CCCCCC2)CCCOC1. The molecule has 0 radical (unpaired) electrons. The number of carbonyl (C=O) groups excluding carboxylic acids is 1. The van der Waals surface area contributed by atoms with Crippen LogP contribution in [-0.4, -0.2) is 37.2 Å². The third kappa shape index (κ3) is 5.11. The molecule has 4 heteroatoms. The molecule has 1 saturated heterocycles. The standard InChI is InChI=1S/C15H28N2O2/c1-15(9-6-10-19-12-15)16-11-14(18)17-13-7-4-2-3-5-8-13/h13,16H,2-12H2,1H3,(H,17,18). The Morgan fingerprint density at radius 2 is 1.95 bits per heavy atom. The summed E-state index contributed by atoms with van der Waals surface area (Å²) >= 11 is 0. The van der Waals surface area contributed by atoms with Crippen LogP contribution in [0.15, 0.2) is 0 Å². The molecule has 110 valence electrons. The summed E-state index contributed by atoms with van der Waals surface area (Å²) in [5.41, 5.74) is -0.0287. The molecule has 1 aliphatic heterocycles. The highest BCUT2D eigenvalue weighted by molar-refractivity contribution is 5.78. The van der Waals surface area contributed by atoms with Crippen LogP contribution in [0.2, 0.25) is 0 Å². The number of rotatable bonds is 4. The number of carbonyl (C=O) groups is 1. The van der Waals surface area contributed by atoms with Crippen molar-refractivity contribution in [1.82, 2.24) is 10.6 Å². The molecule has 2 N–H and O–H groups in total. The first-order chi connectivity index (χ1) is 9.18. The smallest absolute Gasteiger partial charge is 0.234 e. The van der Waals surface area contributed by atoms with Crippen molar-refractivity contribution in [1.29, 1.82) is 0 Å². The van der Waals surface area contributed by atoms with Crippen LogP contribution in [0.25, 0.3) is 0 Å². The van der Waals surface area contributed by atoms with Gasteiger partial charge in [-0.3, -0.25) is 4.79 Å². The molecule has 0 bridgehead atoms. The quantitative estimate of drug-likeness (QED) is 0.767. The van der Waals surface area contributed by atoms with E-state index >= 15 is 0 Å². The van der Waals surface area contributed by atoms with E-state index in [4.69, 9.17) is 4.74 Å². The lowest BCUT2D eigenvalue weighted by Crippen LogP contribution is -2.52. The maximum Gasteiger partial charge on any atom is 0.234 e. The molecule has 1 saturated carbocycles. The van der Waals surface area contributed by atoms with Crippen LogP contribution in [0.3, 0.4) is 0 Å². The molecular formula is C15H28N2O2. The van der Waals surface area contributed by atoms with Crippen molar-refractivity contribution < 1.29 is 9.53 Å². The van der Waals surface area contributed by atoms with Crippen LogP contribution >= 0.6 is 0 Å². The van der Waals surface area contributed by atoms with E-state index < -0.39 is 0 Å². The van der Waals surface area contributed by atoms with Gasteiger partial charge in [-0.25, -0.2) is 0 Å². The first kappa shape index (κ1) is 14.8. The van der Waals surface area contributed by atoms with E-state index in [1.165, 1.54) is 25.7 Å². The van der Waals surface area contributed by atoms with Gasteiger partial charge in [0.1, 0.15) is 0 Å². The highest BCUT2D eigenvalue weighted by Gasteiger charge is 2.27. The van der Waals surface area contributed by atoms with Crippen molar-refractivity contribution in [3.05, 3.63) is 0 Å². The summed E-state index contributed by atoms with van der Waals surface area (Å²) in [5, 5.41) is 6.54. The summed E-state index contributed by atoms with van der Waals surface area (Å²) in [6.45, 7) is 4.12. The van der Waals surface area contributed by atoms with Gasteiger partial charge >= 0.3 is 0 Å². The Morgan fingerprint density at radius 1 is 1.21 bits per heavy atom. The molecule has 0 aromatic carbocycles. The first-order valence-corrected chi connectivity index (χ1v) is 7.80. The fourth-order valence-electron chi connectivity index (χ4n) is 3.07. The second-order valence-corrected chi connectivity index (χ2v) is 6.33. The molecule has 1 amide bonds. The zero-order chi connectivity index (χ0) is 13.6. The lowest BCUT2D eigenvalue weighted by molar-refractivity contribution is -0.121. The molecule has 1 unspecified atom stereocenters. The molecule has 2 rings (SSSR count). The summed E-state index contributed by atoms with van der Waals surface area (Å²) in [6.07, 6.45) is 9.60. The van der Waals surface area contributed by atoms with Crippen molar-refractivity contribution >= 4 is 5.91 Å². The Labute approximate surface area is 116 Å². The molecule has 1 aliphatic carbocycles. The number of hydrogen-bond acceptors (Lipinski definition) is 3. The summed E-state index contributed by atoms with van der Waals surface area (Å²) < 4.78 is 5.49. The van der Waals surface area contributed by atoms with Gasteiger partial charge < -0.3 is 15.4 Å². The van der Waals surface area contributed by atoms with Crippen LogP contribution in [-0.2, 0) is 9.53 Å². The van der Waals surface area contributed by atoms with E-state index in [1.807, 2.05) is 0 Å². The van der Waals surface area contributed by atoms with Gasteiger partial charge in [0.25, 0.3) is 0 Å². The molecule has 4 nitrogen and oxygen atoms in total. The van der Waals surface area contributed by atoms with Crippen molar-refractivity contribution in [2.75, 3.05) is 19.8 Å². The van der Waals surface area contributed by atoms with Gasteiger partial charge in [-0.05, 0) is 32.6 Å². The lowest BCUT2D eigenvalue weighted by atomic mass is 9.95. The Balaban J connectivity index is 1.68. The van der Waals surface area contributed by atoms with Crippen molar-refractivity contribution in [2.45, 2.75) is 69.9 Å². The van der Waals surface area contributed by atoms with Crippen molar-refractivity contribution in [2.24, 2.45) is 0 Å². The third-order valence-corrected chi connectivity index (χ3v) is 4.33. The fraction of sp³-hybridized carbons (Fsp3) is 0.933. The molecule has 2 aliphatic rings. The van der Waals surface area contributed by atoms with E-state index in [9.17, 15) is 4.79 Å². The summed E-state index contributed by atoms with van der Waals surface area (Å²) in [6, 6.07) is 0.396. The van der Waals surface area contributed by atoms with E-state index in [0.717, 1.165) is 32.3 Å². The minimum atomic E-state index is -0.0287. The van der Waals surface area contributed by atoms with E-state index in [0.29, 0.717) is 19.2 Å². The van der Waals surface area contributed by atoms with Crippen LogP contribution in [0.4, 0.5) is 0 Å². The van der Waals surface area contributed by atoms with Crippen LogP contribution in [0, 0.1) is 0 Å². The molecular weight excluding hydrogens is 240 g/mol. The van der Waals surface area contributed by atoms with E-state index in [-0.39, 0.29) is 11.4 Å². The van der Waals surface area contributed by atoms with Gasteiger partial charge in [0.05, 0.1) is 13.2 Å². The zero-order valence-corrected chi connectivity index (χ0v) is 12.2. The number of hydrogen-bond donors (Lipinski definition) is 2. The lowest BCUT2D eigenvalue weighted by Gasteiger charge is -2.34. The topological polar surface area (TPSA) is 50.4 Å².